The second-order valence-corrected chi connectivity index (χ2v) is 4.17. The maximum absolute atomic E-state index is 11.9. The van der Waals surface area contributed by atoms with Crippen LogP contribution in [0.15, 0.2) is 24.4 Å². The Balaban J connectivity index is 2.06. The van der Waals surface area contributed by atoms with Gasteiger partial charge in [0.2, 0.25) is 0 Å². The number of H-pyrrole nitrogens is 1. The number of anilines is 1. The molecule has 0 aliphatic heterocycles. The van der Waals surface area contributed by atoms with Crippen LogP contribution >= 0.6 is 0 Å². The van der Waals surface area contributed by atoms with Gasteiger partial charge in [0.1, 0.15) is 0 Å². The SMILES string of the molecule is CCCc1cc(NC(=O)c2ccnc(C)c2)n[nH]1. The molecule has 2 aromatic rings. The molecule has 2 aromatic heterocycles. The summed E-state index contributed by atoms with van der Waals surface area (Å²) in [5.74, 6) is 0.382. The van der Waals surface area contributed by atoms with Crippen molar-refractivity contribution in [2.75, 3.05) is 5.32 Å². The van der Waals surface area contributed by atoms with Crippen molar-refractivity contribution in [3.05, 3.63) is 41.3 Å². The van der Waals surface area contributed by atoms with E-state index in [0.29, 0.717) is 11.4 Å². The van der Waals surface area contributed by atoms with Crippen LogP contribution in [-0.2, 0) is 6.42 Å². The van der Waals surface area contributed by atoms with Crippen molar-refractivity contribution in [3.8, 4) is 0 Å². The molecule has 0 radical (unpaired) electrons. The summed E-state index contributed by atoms with van der Waals surface area (Å²) >= 11 is 0. The number of nitrogens with zero attached hydrogens (tertiary/aromatic N) is 2. The maximum Gasteiger partial charge on any atom is 0.256 e. The van der Waals surface area contributed by atoms with E-state index in [-0.39, 0.29) is 5.91 Å². The molecule has 0 bridgehead atoms. The molecule has 94 valence electrons. The van der Waals surface area contributed by atoms with Crippen LogP contribution in [0.4, 0.5) is 5.82 Å². The Bertz CT molecular complexity index is 547. The van der Waals surface area contributed by atoms with E-state index in [0.717, 1.165) is 24.2 Å². The molecule has 2 rings (SSSR count). The molecule has 0 aromatic carbocycles. The monoisotopic (exact) mass is 244 g/mol. The number of aromatic nitrogens is 3. The van der Waals surface area contributed by atoms with Crippen LogP contribution in [-0.4, -0.2) is 21.1 Å². The highest BCUT2D eigenvalue weighted by Crippen LogP contribution is 2.09. The molecule has 0 aliphatic rings. The fraction of sp³-hybridized carbons (Fsp3) is 0.308. The van der Waals surface area contributed by atoms with Crippen LogP contribution in [0.3, 0.4) is 0 Å². The van der Waals surface area contributed by atoms with Crippen LogP contribution < -0.4 is 5.32 Å². The van der Waals surface area contributed by atoms with Crippen molar-refractivity contribution in [1.82, 2.24) is 15.2 Å². The van der Waals surface area contributed by atoms with Crippen LogP contribution in [0, 0.1) is 6.92 Å². The van der Waals surface area contributed by atoms with Gasteiger partial charge in [-0.3, -0.25) is 14.9 Å². The number of carbonyl (C=O) groups excluding carboxylic acids is 1. The number of hydrogen-bond donors (Lipinski definition) is 2. The third kappa shape index (κ3) is 2.94. The molecule has 5 heteroatoms. The van der Waals surface area contributed by atoms with Crippen molar-refractivity contribution < 1.29 is 4.79 Å². The van der Waals surface area contributed by atoms with E-state index < -0.39 is 0 Å². The number of pyridine rings is 1. The normalized spacial score (nSPS) is 10.3. The molecular weight excluding hydrogens is 228 g/mol. The summed E-state index contributed by atoms with van der Waals surface area (Å²) in [4.78, 5) is 16.0. The molecule has 2 N–H and O–H groups in total. The number of amides is 1. The van der Waals surface area contributed by atoms with Crippen LogP contribution in [0.25, 0.3) is 0 Å². The first-order valence-corrected chi connectivity index (χ1v) is 5.97. The zero-order chi connectivity index (χ0) is 13.0. The highest BCUT2D eigenvalue weighted by Gasteiger charge is 2.08. The number of nitrogens with one attached hydrogen (secondary N) is 2. The van der Waals surface area contributed by atoms with Gasteiger partial charge in [-0.25, -0.2) is 0 Å². The molecule has 1 amide bonds. The van der Waals surface area contributed by atoms with E-state index in [9.17, 15) is 4.79 Å². The molecule has 18 heavy (non-hydrogen) atoms. The summed E-state index contributed by atoms with van der Waals surface area (Å²) in [7, 11) is 0. The van der Waals surface area contributed by atoms with E-state index in [1.807, 2.05) is 13.0 Å². The zero-order valence-electron chi connectivity index (χ0n) is 10.5. The standard InChI is InChI=1S/C13H16N4O/c1-3-4-11-8-12(17-16-11)15-13(18)10-5-6-14-9(2)7-10/h5-8H,3-4H2,1-2H3,(H2,15,16,17,18). The third-order valence-electron chi connectivity index (χ3n) is 2.55. The molecule has 0 unspecified atom stereocenters. The number of carbonyl (C=O) groups is 1. The molecule has 0 aliphatic carbocycles. The molecule has 5 nitrogen and oxygen atoms in total. The van der Waals surface area contributed by atoms with Crippen molar-refractivity contribution in [2.45, 2.75) is 26.7 Å². The Morgan fingerprint density at radius 3 is 3.00 bits per heavy atom. The van der Waals surface area contributed by atoms with Gasteiger partial charge in [-0.2, -0.15) is 5.10 Å². The molecule has 2 heterocycles. The molecule has 0 saturated heterocycles. The number of rotatable bonds is 4. The van der Waals surface area contributed by atoms with E-state index in [2.05, 4.69) is 27.4 Å². The highest BCUT2D eigenvalue weighted by molar-refractivity contribution is 6.03. The Morgan fingerprint density at radius 2 is 2.28 bits per heavy atom. The predicted molar refractivity (Wildman–Crippen MR) is 69.5 cm³/mol. The number of aryl methyl sites for hydroxylation is 2. The summed E-state index contributed by atoms with van der Waals surface area (Å²) in [5, 5.41) is 9.70. The minimum absolute atomic E-state index is 0.171. The number of hydrogen-bond acceptors (Lipinski definition) is 3. The smallest absolute Gasteiger partial charge is 0.256 e. The van der Waals surface area contributed by atoms with Crippen molar-refractivity contribution in [2.24, 2.45) is 0 Å². The molecule has 0 saturated carbocycles. The van der Waals surface area contributed by atoms with Gasteiger partial charge in [-0.05, 0) is 25.5 Å². The minimum Gasteiger partial charge on any atom is -0.305 e. The lowest BCUT2D eigenvalue weighted by Gasteiger charge is -2.01. The van der Waals surface area contributed by atoms with Gasteiger partial charge >= 0.3 is 0 Å². The second-order valence-electron chi connectivity index (χ2n) is 4.17. The van der Waals surface area contributed by atoms with E-state index in [4.69, 9.17) is 0 Å². The summed E-state index contributed by atoms with van der Waals surface area (Å²) in [6.45, 7) is 3.95. The zero-order valence-corrected chi connectivity index (χ0v) is 10.5. The lowest BCUT2D eigenvalue weighted by Crippen LogP contribution is -2.12. The largest absolute Gasteiger partial charge is 0.305 e. The fourth-order valence-electron chi connectivity index (χ4n) is 1.70. The van der Waals surface area contributed by atoms with Gasteiger partial charge in [0.05, 0.1) is 0 Å². The summed E-state index contributed by atoms with van der Waals surface area (Å²) in [6, 6.07) is 5.28. The Hall–Kier alpha value is -2.17. The first-order chi connectivity index (χ1) is 8.69. The highest BCUT2D eigenvalue weighted by atomic mass is 16.1. The fourth-order valence-corrected chi connectivity index (χ4v) is 1.70. The predicted octanol–water partition coefficient (Wildman–Crippen LogP) is 2.32. The van der Waals surface area contributed by atoms with Crippen LogP contribution in [0.1, 0.15) is 35.1 Å². The van der Waals surface area contributed by atoms with Crippen molar-refractivity contribution in [3.63, 3.8) is 0 Å². The van der Waals surface area contributed by atoms with Gasteiger partial charge in [-0.1, -0.05) is 13.3 Å². The lowest BCUT2D eigenvalue weighted by atomic mass is 10.2. The number of aromatic amines is 1. The van der Waals surface area contributed by atoms with Gasteiger partial charge in [-0.15, -0.1) is 0 Å². The van der Waals surface area contributed by atoms with Crippen LogP contribution in [0.2, 0.25) is 0 Å². The topological polar surface area (TPSA) is 70.7 Å². The molecular formula is C13H16N4O. The summed E-state index contributed by atoms with van der Waals surface area (Å²) in [5.41, 5.74) is 2.43. The van der Waals surface area contributed by atoms with Gasteiger partial charge < -0.3 is 5.32 Å². The molecule has 0 fully saturated rings. The van der Waals surface area contributed by atoms with Crippen molar-refractivity contribution in [1.29, 1.82) is 0 Å². The van der Waals surface area contributed by atoms with E-state index >= 15 is 0 Å². The average molecular weight is 244 g/mol. The van der Waals surface area contributed by atoms with Gasteiger partial charge in [0, 0.05) is 29.2 Å². The first kappa shape index (κ1) is 12.3. The lowest BCUT2D eigenvalue weighted by molar-refractivity contribution is 0.102. The summed E-state index contributed by atoms with van der Waals surface area (Å²) < 4.78 is 0. The van der Waals surface area contributed by atoms with Gasteiger partial charge in [0.25, 0.3) is 5.91 Å². The van der Waals surface area contributed by atoms with Crippen molar-refractivity contribution >= 4 is 11.7 Å². The average Bonchev–Trinajstić information content (AvgIpc) is 2.77. The first-order valence-electron chi connectivity index (χ1n) is 5.97. The Labute approximate surface area is 106 Å². The maximum atomic E-state index is 11.9. The van der Waals surface area contributed by atoms with E-state index in [1.54, 1.807) is 18.3 Å². The Kier molecular flexibility index (Phi) is 3.72. The Morgan fingerprint density at radius 1 is 1.44 bits per heavy atom. The minimum atomic E-state index is -0.171. The molecule has 0 atom stereocenters. The summed E-state index contributed by atoms with van der Waals surface area (Å²) in [6.07, 6.45) is 3.59. The second kappa shape index (κ2) is 5.44. The quantitative estimate of drug-likeness (QED) is 0.867. The van der Waals surface area contributed by atoms with E-state index in [1.165, 1.54) is 0 Å². The molecule has 0 spiro atoms. The van der Waals surface area contributed by atoms with Crippen LogP contribution in [0.5, 0.6) is 0 Å². The van der Waals surface area contributed by atoms with Gasteiger partial charge in [0.15, 0.2) is 5.82 Å². The third-order valence-corrected chi connectivity index (χ3v) is 2.55.